The molecule has 13 heavy (non-hydrogen) atoms. The van der Waals surface area contributed by atoms with Gasteiger partial charge in [0.15, 0.2) is 0 Å². The van der Waals surface area contributed by atoms with Gasteiger partial charge in [0.1, 0.15) is 6.54 Å². The Balaban J connectivity index is -0.0000000651. The minimum absolute atomic E-state index is 0. The van der Waals surface area contributed by atoms with Crippen LogP contribution >= 0.6 is 7.82 Å². The van der Waals surface area contributed by atoms with Crippen LogP contribution in [0.1, 0.15) is 1.43 Å². The molecule has 0 radical (unpaired) electrons. The van der Waals surface area contributed by atoms with Crippen LogP contribution < -0.4 is 29.6 Å². The molecule has 0 aliphatic carbocycles. The molecule has 0 fully saturated rings. The molecule has 0 aliphatic rings. The van der Waals surface area contributed by atoms with E-state index in [0.29, 0.717) is 0 Å². The predicted octanol–water partition coefficient (Wildman–Crippen LogP) is -4.13. The molecule has 0 bridgehead atoms. The average Bonchev–Trinajstić information content (AvgIpc) is 1.54. The molecule has 0 saturated heterocycles. The SMILES string of the molecule is C[N+](C)(C)CCO.O=P(O)(O)O.[H-].[Na+]. The van der Waals surface area contributed by atoms with Crippen molar-refractivity contribution in [3.8, 4) is 0 Å². The van der Waals surface area contributed by atoms with Crippen LogP contribution in [0.2, 0.25) is 0 Å². The van der Waals surface area contributed by atoms with E-state index in [4.69, 9.17) is 24.4 Å². The molecule has 0 amide bonds. The van der Waals surface area contributed by atoms with Crippen LogP contribution in [0.4, 0.5) is 0 Å². The second-order valence-electron chi connectivity index (χ2n) is 3.25. The normalized spacial score (nSPS) is 11.0. The van der Waals surface area contributed by atoms with Crippen molar-refractivity contribution in [2.24, 2.45) is 0 Å². The van der Waals surface area contributed by atoms with Crippen molar-refractivity contribution in [3.63, 3.8) is 0 Å². The number of hydrogen-bond donors (Lipinski definition) is 4. The molecule has 0 atom stereocenters. The summed E-state index contributed by atoms with van der Waals surface area (Å²) in [6.45, 7) is 1.11. The van der Waals surface area contributed by atoms with Gasteiger partial charge in [-0.15, -0.1) is 0 Å². The Hall–Kier alpha value is 1.03. The van der Waals surface area contributed by atoms with E-state index in [1.165, 1.54) is 0 Å². The smallest absolute Gasteiger partial charge is 1.00 e. The topological polar surface area (TPSA) is 98.0 Å². The fourth-order valence-corrected chi connectivity index (χ4v) is 0.300. The van der Waals surface area contributed by atoms with Crippen molar-refractivity contribution < 1.29 is 59.8 Å². The van der Waals surface area contributed by atoms with Crippen LogP contribution in [-0.4, -0.2) is 58.6 Å². The molecule has 0 aromatic heterocycles. The minimum Gasteiger partial charge on any atom is -1.00 e. The van der Waals surface area contributed by atoms with Crippen molar-refractivity contribution in [1.82, 2.24) is 0 Å². The number of rotatable bonds is 2. The maximum Gasteiger partial charge on any atom is 1.00 e. The third-order valence-corrected chi connectivity index (χ3v) is 0.771. The van der Waals surface area contributed by atoms with Gasteiger partial charge in [0, 0.05) is 0 Å². The van der Waals surface area contributed by atoms with Gasteiger partial charge in [-0.1, -0.05) is 0 Å². The molecule has 0 aromatic carbocycles. The van der Waals surface area contributed by atoms with Crippen molar-refractivity contribution in [3.05, 3.63) is 0 Å². The van der Waals surface area contributed by atoms with Crippen molar-refractivity contribution in [1.29, 1.82) is 0 Å². The van der Waals surface area contributed by atoms with E-state index < -0.39 is 7.82 Å². The van der Waals surface area contributed by atoms with Crippen molar-refractivity contribution in [2.75, 3.05) is 34.3 Å². The second-order valence-corrected chi connectivity index (χ2v) is 4.28. The molecule has 8 heteroatoms. The Kier molecular flexibility index (Phi) is 12.6. The van der Waals surface area contributed by atoms with Crippen LogP contribution in [0, 0.1) is 0 Å². The summed E-state index contributed by atoms with van der Waals surface area (Å²) in [5, 5.41) is 8.39. The Morgan fingerprint density at radius 2 is 1.46 bits per heavy atom. The Morgan fingerprint density at radius 3 is 1.46 bits per heavy atom. The van der Waals surface area contributed by atoms with E-state index in [0.717, 1.165) is 11.0 Å². The summed E-state index contributed by atoms with van der Waals surface area (Å²) in [6, 6.07) is 0. The molecule has 0 heterocycles. The number of hydrogen-bond acceptors (Lipinski definition) is 2. The van der Waals surface area contributed by atoms with E-state index in [1.54, 1.807) is 0 Å². The van der Waals surface area contributed by atoms with Gasteiger partial charge in [0.05, 0.1) is 27.7 Å². The zero-order chi connectivity index (χ0) is 10.4. The Labute approximate surface area is 102 Å². The monoisotopic (exact) mass is 226 g/mol. The number of aliphatic hydroxyl groups excluding tert-OH is 1. The number of quaternary nitrogens is 1. The largest absolute Gasteiger partial charge is 1.00 e. The minimum atomic E-state index is -4.64. The molecule has 4 N–H and O–H groups in total. The van der Waals surface area contributed by atoms with Gasteiger partial charge in [-0.05, 0) is 0 Å². The van der Waals surface area contributed by atoms with Gasteiger partial charge in [-0.2, -0.15) is 0 Å². The number of nitrogens with zero attached hydrogens (tertiary/aromatic N) is 1. The van der Waals surface area contributed by atoms with Crippen LogP contribution in [0.5, 0.6) is 0 Å². The van der Waals surface area contributed by atoms with Gasteiger partial charge in [-0.25, -0.2) is 4.57 Å². The number of likely N-dealkylation sites (N-methyl/N-ethyl adjacent to an activating group) is 1. The molecule has 0 spiro atoms. The molecular formula is C5H18NNaO5P+. The Bertz CT molecular complexity index is 150. The van der Waals surface area contributed by atoms with E-state index in [9.17, 15) is 0 Å². The summed E-state index contributed by atoms with van der Waals surface area (Å²) >= 11 is 0. The van der Waals surface area contributed by atoms with Crippen LogP contribution in [-0.2, 0) is 4.57 Å². The maximum atomic E-state index is 8.88. The first-order valence-electron chi connectivity index (χ1n) is 3.26. The van der Waals surface area contributed by atoms with Gasteiger partial charge in [0.25, 0.3) is 0 Å². The third-order valence-electron chi connectivity index (χ3n) is 0.771. The van der Waals surface area contributed by atoms with Gasteiger partial charge >= 0.3 is 37.4 Å². The first kappa shape index (κ1) is 19.6. The van der Waals surface area contributed by atoms with Gasteiger partial charge in [-0.3, -0.25) is 0 Å². The molecule has 0 saturated carbocycles. The van der Waals surface area contributed by atoms with Gasteiger partial charge < -0.3 is 25.7 Å². The quantitative estimate of drug-likeness (QED) is 0.218. The summed E-state index contributed by atoms with van der Waals surface area (Å²) in [7, 11) is 1.52. The molecular weight excluding hydrogens is 208 g/mol. The van der Waals surface area contributed by atoms with Crippen LogP contribution in [0.25, 0.3) is 0 Å². The third kappa shape index (κ3) is 62.7. The van der Waals surface area contributed by atoms with E-state index in [-0.39, 0.29) is 37.6 Å². The summed E-state index contributed by atoms with van der Waals surface area (Å²) in [6.07, 6.45) is 0. The van der Waals surface area contributed by atoms with Crippen molar-refractivity contribution >= 4 is 7.82 Å². The average molecular weight is 226 g/mol. The van der Waals surface area contributed by atoms with E-state index >= 15 is 0 Å². The molecule has 78 valence electrons. The standard InChI is InChI=1S/C5H14NO.Na.H3O4P.H/c1-6(2,3)4-5-7;;1-5(2,3)4;/h7H,4-5H2,1-3H3;;(H3,1,2,3,4);/q2*+1;;-1. The Morgan fingerprint density at radius 1 is 1.23 bits per heavy atom. The first-order valence-corrected chi connectivity index (χ1v) is 4.82. The molecule has 0 unspecified atom stereocenters. The maximum absolute atomic E-state index is 8.88. The summed E-state index contributed by atoms with van der Waals surface area (Å²) in [5.74, 6) is 0. The van der Waals surface area contributed by atoms with E-state index in [2.05, 4.69) is 21.1 Å². The summed E-state index contributed by atoms with van der Waals surface area (Å²) in [5.41, 5.74) is 0. The molecule has 6 nitrogen and oxygen atoms in total. The first-order chi connectivity index (χ1) is 5.06. The van der Waals surface area contributed by atoms with Gasteiger partial charge in [0.2, 0.25) is 0 Å². The van der Waals surface area contributed by atoms with Crippen molar-refractivity contribution in [2.45, 2.75) is 0 Å². The summed E-state index contributed by atoms with van der Waals surface area (Å²) in [4.78, 5) is 21.6. The van der Waals surface area contributed by atoms with E-state index in [1.807, 2.05) is 0 Å². The molecule has 0 aliphatic heterocycles. The fourth-order valence-electron chi connectivity index (χ4n) is 0.300. The van der Waals surface area contributed by atoms with Crippen LogP contribution in [0.15, 0.2) is 0 Å². The fraction of sp³-hybridized carbons (Fsp3) is 1.00. The zero-order valence-electron chi connectivity index (χ0n) is 9.51. The molecule has 0 aromatic rings. The second kappa shape index (κ2) is 8.35. The summed E-state index contributed by atoms with van der Waals surface area (Å²) < 4.78 is 9.73. The predicted molar refractivity (Wildman–Crippen MR) is 45.4 cm³/mol. The van der Waals surface area contributed by atoms with Crippen LogP contribution in [0.3, 0.4) is 0 Å². The number of aliphatic hydroxyl groups is 1. The number of phosphoric acid groups is 1. The molecule has 0 rings (SSSR count). The zero-order valence-corrected chi connectivity index (χ0v) is 11.4.